The van der Waals surface area contributed by atoms with Gasteiger partial charge in [-0.1, -0.05) is 13.8 Å². The summed E-state index contributed by atoms with van der Waals surface area (Å²) in [5, 5.41) is 11.5. The molecule has 2 unspecified atom stereocenters. The highest BCUT2D eigenvalue weighted by molar-refractivity contribution is 5.75. The van der Waals surface area contributed by atoms with E-state index in [0.717, 1.165) is 0 Å². The Hall–Kier alpha value is -1.08. The fourth-order valence-electron chi connectivity index (χ4n) is 1.19. The molecule has 0 bridgehead atoms. The van der Waals surface area contributed by atoms with Crippen LogP contribution in [0.5, 0.6) is 0 Å². The number of nitrogens with one attached hydrogen (secondary N) is 1. The largest absolute Gasteiger partial charge is 0.468 e. The summed E-state index contributed by atoms with van der Waals surface area (Å²) in [6.45, 7) is 5.76. The molecular formula is C10H18N2O2. The SMILES string of the molecule is COC(=O)C(CC(C)C)NC(C)C#N. The monoisotopic (exact) mass is 198 g/mol. The average molecular weight is 198 g/mol. The topological polar surface area (TPSA) is 62.1 Å². The molecule has 0 saturated carbocycles. The highest BCUT2D eigenvalue weighted by Gasteiger charge is 2.21. The summed E-state index contributed by atoms with van der Waals surface area (Å²) in [5.41, 5.74) is 0. The molecule has 0 aliphatic heterocycles. The maximum atomic E-state index is 11.3. The van der Waals surface area contributed by atoms with Gasteiger partial charge in [-0.2, -0.15) is 5.26 Å². The van der Waals surface area contributed by atoms with E-state index < -0.39 is 0 Å². The number of methoxy groups -OCH3 is 1. The molecule has 0 fully saturated rings. The fraction of sp³-hybridized carbons (Fsp3) is 0.800. The molecule has 1 N–H and O–H groups in total. The molecule has 4 nitrogen and oxygen atoms in total. The number of carbonyl (C=O) groups is 1. The van der Waals surface area contributed by atoms with Crippen LogP contribution in [0.3, 0.4) is 0 Å². The summed E-state index contributed by atoms with van der Waals surface area (Å²) in [5.74, 6) is 0.0818. The third-order valence-electron chi connectivity index (χ3n) is 1.84. The number of ether oxygens (including phenoxy) is 1. The van der Waals surface area contributed by atoms with E-state index in [-0.39, 0.29) is 18.1 Å². The van der Waals surface area contributed by atoms with Crippen molar-refractivity contribution in [2.24, 2.45) is 5.92 Å². The molecule has 0 aromatic rings. The van der Waals surface area contributed by atoms with Crippen LogP contribution in [-0.2, 0) is 9.53 Å². The number of nitrogens with zero attached hydrogens (tertiary/aromatic N) is 1. The van der Waals surface area contributed by atoms with Crippen molar-refractivity contribution >= 4 is 5.97 Å². The van der Waals surface area contributed by atoms with Gasteiger partial charge in [-0.05, 0) is 19.3 Å². The molecule has 80 valence electrons. The van der Waals surface area contributed by atoms with Crippen molar-refractivity contribution in [2.75, 3.05) is 7.11 Å². The molecule has 2 atom stereocenters. The Balaban J connectivity index is 4.26. The lowest BCUT2D eigenvalue weighted by atomic mass is 10.0. The first kappa shape index (κ1) is 12.9. The Labute approximate surface area is 85.2 Å². The van der Waals surface area contributed by atoms with Gasteiger partial charge < -0.3 is 4.74 Å². The van der Waals surface area contributed by atoms with Crippen LogP contribution in [0.15, 0.2) is 0 Å². The second kappa shape index (κ2) is 6.39. The Kier molecular flexibility index (Phi) is 5.89. The van der Waals surface area contributed by atoms with Crippen molar-refractivity contribution < 1.29 is 9.53 Å². The highest BCUT2D eigenvalue weighted by atomic mass is 16.5. The van der Waals surface area contributed by atoms with Crippen LogP contribution in [0, 0.1) is 17.2 Å². The van der Waals surface area contributed by atoms with Crippen molar-refractivity contribution in [3.63, 3.8) is 0 Å². The predicted molar refractivity (Wildman–Crippen MR) is 53.5 cm³/mol. The second-order valence-corrected chi connectivity index (χ2v) is 3.72. The summed E-state index contributed by atoms with van der Waals surface area (Å²) >= 11 is 0. The molecule has 0 heterocycles. The normalized spacial score (nSPS) is 14.6. The van der Waals surface area contributed by atoms with E-state index in [0.29, 0.717) is 12.3 Å². The van der Waals surface area contributed by atoms with Gasteiger partial charge in [0, 0.05) is 0 Å². The van der Waals surface area contributed by atoms with Crippen molar-refractivity contribution in [1.29, 1.82) is 5.26 Å². The lowest BCUT2D eigenvalue weighted by Crippen LogP contribution is -2.43. The first-order valence-electron chi connectivity index (χ1n) is 4.74. The predicted octanol–water partition coefficient (Wildman–Crippen LogP) is 1.08. The number of rotatable bonds is 5. The Morgan fingerprint density at radius 2 is 2.07 bits per heavy atom. The van der Waals surface area contributed by atoms with Gasteiger partial charge in [-0.25, -0.2) is 0 Å². The fourth-order valence-corrected chi connectivity index (χ4v) is 1.19. The van der Waals surface area contributed by atoms with Crippen LogP contribution in [0.2, 0.25) is 0 Å². The van der Waals surface area contributed by atoms with Crippen molar-refractivity contribution in [2.45, 2.75) is 39.3 Å². The molecule has 4 heteroatoms. The molecule has 0 amide bonds. The molecule has 0 spiro atoms. The maximum Gasteiger partial charge on any atom is 0.322 e. The molecule has 0 aliphatic rings. The summed E-state index contributed by atoms with van der Waals surface area (Å²) in [4.78, 5) is 11.3. The molecule has 14 heavy (non-hydrogen) atoms. The van der Waals surface area contributed by atoms with Gasteiger partial charge in [0.1, 0.15) is 6.04 Å². The van der Waals surface area contributed by atoms with Gasteiger partial charge in [0.25, 0.3) is 0 Å². The van der Waals surface area contributed by atoms with Crippen molar-refractivity contribution in [1.82, 2.24) is 5.32 Å². The van der Waals surface area contributed by atoms with E-state index in [1.54, 1.807) is 6.92 Å². The molecule has 0 radical (unpaired) electrons. The maximum absolute atomic E-state index is 11.3. The number of nitriles is 1. The zero-order valence-corrected chi connectivity index (χ0v) is 9.20. The summed E-state index contributed by atoms with van der Waals surface area (Å²) in [6, 6.07) is 1.31. The minimum atomic E-state index is -0.380. The van der Waals surface area contributed by atoms with Gasteiger partial charge in [0.15, 0.2) is 0 Å². The first-order chi connectivity index (χ1) is 6.51. The van der Waals surface area contributed by atoms with E-state index in [1.807, 2.05) is 19.9 Å². The van der Waals surface area contributed by atoms with Crippen LogP contribution in [0.4, 0.5) is 0 Å². The third-order valence-corrected chi connectivity index (χ3v) is 1.84. The van der Waals surface area contributed by atoms with E-state index in [4.69, 9.17) is 5.26 Å². The standard InChI is InChI=1S/C10H18N2O2/c1-7(2)5-9(10(13)14-4)12-8(3)6-11/h7-9,12H,5H2,1-4H3. The minimum absolute atomic E-state index is 0.305. The van der Waals surface area contributed by atoms with E-state index >= 15 is 0 Å². The van der Waals surface area contributed by atoms with E-state index in [1.165, 1.54) is 7.11 Å². The molecule has 0 aliphatic carbocycles. The Morgan fingerprint density at radius 1 is 1.50 bits per heavy atom. The summed E-state index contributed by atoms with van der Waals surface area (Å²) in [6.07, 6.45) is 0.679. The second-order valence-electron chi connectivity index (χ2n) is 3.72. The van der Waals surface area contributed by atoms with Crippen LogP contribution in [0.1, 0.15) is 27.2 Å². The summed E-state index contributed by atoms with van der Waals surface area (Å²) < 4.78 is 4.65. The zero-order chi connectivity index (χ0) is 11.1. The van der Waals surface area contributed by atoms with Crippen molar-refractivity contribution in [3.8, 4) is 6.07 Å². The molecule has 0 aromatic heterocycles. The molecule has 0 aromatic carbocycles. The van der Waals surface area contributed by atoms with E-state index in [2.05, 4.69) is 10.1 Å². The quantitative estimate of drug-likeness (QED) is 0.671. The van der Waals surface area contributed by atoms with E-state index in [9.17, 15) is 4.79 Å². The highest BCUT2D eigenvalue weighted by Crippen LogP contribution is 2.06. The first-order valence-corrected chi connectivity index (χ1v) is 4.74. The van der Waals surface area contributed by atoms with Crippen LogP contribution in [0.25, 0.3) is 0 Å². The van der Waals surface area contributed by atoms with Gasteiger partial charge in [-0.15, -0.1) is 0 Å². The Bertz CT molecular complexity index is 221. The van der Waals surface area contributed by atoms with Gasteiger partial charge in [0.05, 0.1) is 19.2 Å². The van der Waals surface area contributed by atoms with Crippen molar-refractivity contribution in [3.05, 3.63) is 0 Å². The lowest BCUT2D eigenvalue weighted by Gasteiger charge is -2.19. The molecule has 0 saturated heterocycles. The van der Waals surface area contributed by atoms with Gasteiger partial charge >= 0.3 is 5.97 Å². The molecular weight excluding hydrogens is 180 g/mol. The smallest absolute Gasteiger partial charge is 0.322 e. The number of hydrogen-bond donors (Lipinski definition) is 1. The van der Waals surface area contributed by atoms with Crippen LogP contribution in [-0.4, -0.2) is 25.2 Å². The van der Waals surface area contributed by atoms with Crippen LogP contribution < -0.4 is 5.32 Å². The summed E-state index contributed by atoms with van der Waals surface area (Å²) in [7, 11) is 1.36. The number of esters is 1. The van der Waals surface area contributed by atoms with Gasteiger partial charge in [-0.3, -0.25) is 10.1 Å². The molecule has 0 rings (SSSR count). The third kappa shape index (κ3) is 4.83. The Morgan fingerprint density at radius 3 is 2.43 bits per heavy atom. The van der Waals surface area contributed by atoms with Crippen LogP contribution >= 0.6 is 0 Å². The number of carbonyl (C=O) groups excluding carboxylic acids is 1. The minimum Gasteiger partial charge on any atom is -0.468 e. The lowest BCUT2D eigenvalue weighted by molar-refractivity contribution is -0.143. The number of hydrogen-bond acceptors (Lipinski definition) is 4. The van der Waals surface area contributed by atoms with Gasteiger partial charge in [0.2, 0.25) is 0 Å². The zero-order valence-electron chi connectivity index (χ0n) is 9.20. The average Bonchev–Trinajstić information content (AvgIpc) is 2.14.